The second-order valence-electron chi connectivity index (χ2n) is 8.41. The standard InChI is InChI=1S/C25H28N4O3/c30-25(22-5-7-27-24(15-22)28-8-11-31-12-9-28)29-10-13-32-18-19(17-29)14-21-3-1-2-20-4-6-26-16-23(20)21/h1-7,15-16,19H,8-14,17-18H2/t19-/m0/s1. The van der Waals surface area contributed by atoms with Gasteiger partial charge >= 0.3 is 0 Å². The van der Waals surface area contributed by atoms with E-state index >= 15 is 0 Å². The minimum atomic E-state index is 0.0389. The van der Waals surface area contributed by atoms with Crippen molar-refractivity contribution in [3.05, 3.63) is 66.1 Å². The van der Waals surface area contributed by atoms with Gasteiger partial charge < -0.3 is 19.3 Å². The van der Waals surface area contributed by atoms with E-state index in [0.717, 1.165) is 25.3 Å². The maximum Gasteiger partial charge on any atom is 0.254 e. The van der Waals surface area contributed by atoms with E-state index in [1.54, 1.807) is 6.20 Å². The van der Waals surface area contributed by atoms with Gasteiger partial charge in [-0.15, -0.1) is 0 Å². The molecule has 0 bridgehead atoms. The van der Waals surface area contributed by atoms with Crippen molar-refractivity contribution < 1.29 is 14.3 Å². The number of carbonyl (C=O) groups excluding carboxylic acids is 1. The molecule has 5 rings (SSSR count). The summed E-state index contributed by atoms with van der Waals surface area (Å²) < 4.78 is 11.3. The molecule has 2 aromatic heterocycles. The lowest BCUT2D eigenvalue weighted by molar-refractivity contribution is 0.0737. The van der Waals surface area contributed by atoms with Crippen molar-refractivity contribution in [3.63, 3.8) is 0 Å². The van der Waals surface area contributed by atoms with E-state index in [2.05, 4.69) is 33.1 Å². The summed E-state index contributed by atoms with van der Waals surface area (Å²) in [5.41, 5.74) is 1.92. The van der Waals surface area contributed by atoms with Gasteiger partial charge in [-0.1, -0.05) is 18.2 Å². The van der Waals surface area contributed by atoms with Crippen LogP contribution in [-0.2, 0) is 15.9 Å². The summed E-state index contributed by atoms with van der Waals surface area (Å²) in [7, 11) is 0. The maximum atomic E-state index is 13.4. The third kappa shape index (κ3) is 4.59. The fourth-order valence-electron chi connectivity index (χ4n) is 4.55. The SMILES string of the molecule is O=C(c1ccnc(N2CCOCC2)c1)N1CCOC[C@@H](Cc2cccc3ccncc23)C1. The number of anilines is 1. The second-order valence-corrected chi connectivity index (χ2v) is 8.41. The number of morpholine rings is 1. The summed E-state index contributed by atoms with van der Waals surface area (Å²) >= 11 is 0. The van der Waals surface area contributed by atoms with Crippen LogP contribution in [0.15, 0.2) is 55.0 Å². The normalized spacial score (nSPS) is 19.7. The molecule has 32 heavy (non-hydrogen) atoms. The summed E-state index contributed by atoms with van der Waals surface area (Å²) in [6.45, 7) is 5.45. The largest absolute Gasteiger partial charge is 0.379 e. The Morgan fingerprint density at radius 1 is 1.03 bits per heavy atom. The lowest BCUT2D eigenvalue weighted by Crippen LogP contribution is -2.38. The second kappa shape index (κ2) is 9.63. The molecule has 1 aromatic carbocycles. The van der Waals surface area contributed by atoms with Gasteiger partial charge in [-0.2, -0.15) is 0 Å². The number of rotatable bonds is 4. The molecule has 2 aliphatic rings. The van der Waals surface area contributed by atoms with E-state index in [9.17, 15) is 4.79 Å². The van der Waals surface area contributed by atoms with Crippen LogP contribution in [0.4, 0.5) is 5.82 Å². The third-order valence-corrected chi connectivity index (χ3v) is 6.23. The molecule has 0 aliphatic carbocycles. The number of benzene rings is 1. The van der Waals surface area contributed by atoms with Gasteiger partial charge in [0.05, 0.1) is 26.4 Å². The summed E-state index contributed by atoms with van der Waals surface area (Å²) in [5.74, 6) is 1.11. The molecular weight excluding hydrogens is 404 g/mol. The zero-order chi connectivity index (χ0) is 21.8. The van der Waals surface area contributed by atoms with Crippen LogP contribution in [0.25, 0.3) is 10.8 Å². The minimum Gasteiger partial charge on any atom is -0.379 e. The first-order valence-corrected chi connectivity index (χ1v) is 11.3. The Hall–Kier alpha value is -3.03. The predicted molar refractivity (Wildman–Crippen MR) is 123 cm³/mol. The number of ether oxygens (including phenoxy) is 2. The summed E-state index contributed by atoms with van der Waals surface area (Å²) in [5, 5.41) is 2.36. The molecule has 2 fully saturated rings. The van der Waals surface area contributed by atoms with Gasteiger partial charge in [-0.3, -0.25) is 9.78 Å². The number of hydrogen-bond donors (Lipinski definition) is 0. The molecule has 2 saturated heterocycles. The highest BCUT2D eigenvalue weighted by Crippen LogP contribution is 2.23. The molecule has 0 N–H and O–H groups in total. The number of carbonyl (C=O) groups is 1. The number of amides is 1. The minimum absolute atomic E-state index is 0.0389. The predicted octanol–water partition coefficient (Wildman–Crippen LogP) is 2.80. The van der Waals surface area contributed by atoms with Crippen LogP contribution in [0.5, 0.6) is 0 Å². The smallest absolute Gasteiger partial charge is 0.254 e. The molecule has 1 amide bonds. The van der Waals surface area contributed by atoms with E-state index in [0.29, 0.717) is 45.1 Å². The van der Waals surface area contributed by atoms with E-state index < -0.39 is 0 Å². The number of fused-ring (bicyclic) bond motifs is 1. The first-order chi connectivity index (χ1) is 15.8. The van der Waals surface area contributed by atoms with Gasteiger partial charge in [0.1, 0.15) is 5.82 Å². The topological polar surface area (TPSA) is 67.8 Å². The number of hydrogen-bond acceptors (Lipinski definition) is 6. The molecular formula is C25H28N4O3. The van der Waals surface area contributed by atoms with Crippen LogP contribution in [0.2, 0.25) is 0 Å². The first kappa shape index (κ1) is 20.8. The van der Waals surface area contributed by atoms with Crippen LogP contribution >= 0.6 is 0 Å². The van der Waals surface area contributed by atoms with Crippen LogP contribution in [0.1, 0.15) is 15.9 Å². The zero-order valence-corrected chi connectivity index (χ0v) is 18.2. The summed E-state index contributed by atoms with van der Waals surface area (Å²) in [4.78, 5) is 26.3. The molecule has 7 nitrogen and oxygen atoms in total. The van der Waals surface area contributed by atoms with Gasteiger partial charge in [0.2, 0.25) is 0 Å². The fourth-order valence-corrected chi connectivity index (χ4v) is 4.55. The van der Waals surface area contributed by atoms with E-state index in [-0.39, 0.29) is 11.8 Å². The molecule has 166 valence electrons. The average Bonchev–Trinajstić information content (AvgIpc) is 3.10. The Kier molecular flexibility index (Phi) is 6.27. The van der Waals surface area contributed by atoms with Crippen LogP contribution in [0, 0.1) is 5.92 Å². The Labute approximate surface area is 188 Å². The molecule has 0 spiro atoms. The van der Waals surface area contributed by atoms with Gasteiger partial charge in [0.15, 0.2) is 0 Å². The van der Waals surface area contributed by atoms with E-state index in [1.807, 2.05) is 35.5 Å². The monoisotopic (exact) mass is 432 g/mol. The highest BCUT2D eigenvalue weighted by molar-refractivity contribution is 5.95. The molecule has 0 unspecified atom stereocenters. The average molecular weight is 433 g/mol. The third-order valence-electron chi connectivity index (χ3n) is 6.23. The van der Waals surface area contributed by atoms with Crippen LogP contribution < -0.4 is 4.90 Å². The first-order valence-electron chi connectivity index (χ1n) is 11.3. The highest BCUT2D eigenvalue weighted by Gasteiger charge is 2.25. The number of aromatic nitrogens is 2. The van der Waals surface area contributed by atoms with Crippen molar-refractivity contribution in [2.45, 2.75) is 6.42 Å². The van der Waals surface area contributed by atoms with Gasteiger partial charge in [-0.25, -0.2) is 4.98 Å². The molecule has 0 radical (unpaired) electrons. The molecule has 0 saturated carbocycles. The summed E-state index contributed by atoms with van der Waals surface area (Å²) in [6, 6.07) is 12.1. The Morgan fingerprint density at radius 3 is 2.81 bits per heavy atom. The lowest BCUT2D eigenvalue weighted by Gasteiger charge is -2.28. The van der Waals surface area contributed by atoms with E-state index in [1.165, 1.54) is 16.3 Å². The Bertz CT molecular complexity index is 1080. The number of pyridine rings is 2. The quantitative estimate of drug-likeness (QED) is 0.632. The van der Waals surface area contributed by atoms with Crippen molar-refractivity contribution in [3.8, 4) is 0 Å². The fraction of sp³-hybridized carbons (Fsp3) is 0.400. The van der Waals surface area contributed by atoms with Crippen molar-refractivity contribution in [1.29, 1.82) is 0 Å². The van der Waals surface area contributed by atoms with E-state index in [4.69, 9.17) is 9.47 Å². The van der Waals surface area contributed by atoms with Crippen molar-refractivity contribution in [2.75, 3.05) is 57.5 Å². The molecule has 7 heteroatoms. The van der Waals surface area contributed by atoms with Gasteiger partial charge in [-0.05, 0) is 35.6 Å². The maximum absolute atomic E-state index is 13.4. The van der Waals surface area contributed by atoms with Crippen LogP contribution in [0.3, 0.4) is 0 Å². The van der Waals surface area contributed by atoms with Crippen molar-refractivity contribution in [1.82, 2.24) is 14.9 Å². The summed E-state index contributed by atoms with van der Waals surface area (Å²) in [6.07, 6.45) is 6.32. The van der Waals surface area contributed by atoms with Gasteiger partial charge in [0, 0.05) is 61.6 Å². The lowest BCUT2D eigenvalue weighted by atomic mass is 9.95. The van der Waals surface area contributed by atoms with Crippen molar-refractivity contribution in [2.24, 2.45) is 5.92 Å². The molecule has 3 aromatic rings. The highest BCUT2D eigenvalue weighted by atomic mass is 16.5. The number of nitrogens with zero attached hydrogens (tertiary/aromatic N) is 4. The zero-order valence-electron chi connectivity index (χ0n) is 18.2. The Balaban J connectivity index is 1.32. The molecule has 1 atom stereocenters. The molecule has 2 aliphatic heterocycles. The van der Waals surface area contributed by atoms with Crippen molar-refractivity contribution >= 4 is 22.5 Å². The van der Waals surface area contributed by atoms with Crippen LogP contribution in [-0.4, -0.2) is 73.4 Å². The van der Waals surface area contributed by atoms with Gasteiger partial charge in [0.25, 0.3) is 5.91 Å². The Morgan fingerprint density at radius 2 is 1.91 bits per heavy atom. The molecule has 4 heterocycles.